The third kappa shape index (κ3) is 2.47. The molecule has 1 N–H and O–H groups in total. The first-order valence-electron chi connectivity index (χ1n) is 5.35. The summed E-state index contributed by atoms with van der Waals surface area (Å²) in [4.78, 5) is 0. The molecule has 0 unspecified atom stereocenters. The van der Waals surface area contributed by atoms with Crippen molar-refractivity contribution in [3.63, 3.8) is 0 Å². The molecule has 0 aromatic heterocycles. The maximum atomic E-state index is 12.4. The van der Waals surface area contributed by atoms with Gasteiger partial charge in [-0.25, -0.2) is 0 Å². The largest absolute Gasteiger partial charge is 0.508 e. The van der Waals surface area contributed by atoms with Crippen LogP contribution in [0.3, 0.4) is 0 Å². The Labute approximate surface area is 103 Å². The summed E-state index contributed by atoms with van der Waals surface area (Å²) in [6.45, 7) is 1.80. The number of phenols is 1. The van der Waals surface area contributed by atoms with Crippen LogP contribution in [0.15, 0.2) is 42.5 Å². The lowest BCUT2D eigenvalue weighted by atomic mass is 9.99. The summed E-state index contributed by atoms with van der Waals surface area (Å²) in [7, 11) is 0. The molecule has 0 aliphatic heterocycles. The Balaban J connectivity index is 2.41. The van der Waals surface area contributed by atoms with Crippen molar-refractivity contribution in [1.29, 1.82) is 0 Å². The van der Waals surface area contributed by atoms with Gasteiger partial charge in [0, 0.05) is 0 Å². The maximum Gasteiger partial charge on any atom is 0.416 e. The van der Waals surface area contributed by atoms with Crippen LogP contribution in [0.2, 0.25) is 0 Å². The van der Waals surface area contributed by atoms with Crippen molar-refractivity contribution in [2.75, 3.05) is 0 Å². The smallest absolute Gasteiger partial charge is 0.416 e. The molecule has 18 heavy (non-hydrogen) atoms. The lowest BCUT2D eigenvalue weighted by molar-refractivity contribution is -0.137. The molecule has 1 nitrogen and oxygen atoms in total. The van der Waals surface area contributed by atoms with Crippen LogP contribution in [0.4, 0.5) is 13.2 Å². The van der Waals surface area contributed by atoms with Crippen molar-refractivity contribution >= 4 is 0 Å². The Morgan fingerprint density at radius 3 is 2.06 bits per heavy atom. The Hall–Kier alpha value is -1.97. The third-order valence-corrected chi connectivity index (χ3v) is 2.73. The van der Waals surface area contributed by atoms with Gasteiger partial charge in [0.2, 0.25) is 0 Å². The van der Waals surface area contributed by atoms with Crippen molar-refractivity contribution in [2.24, 2.45) is 0 Å². The minimum atomic E-state index is -4.32. The number of hydrogen-bond donors (Lipinski definition) is 1. The maximum absolute atomic E-state index is 12.4. The molecule has 0 saturated carbocycles. The first-order valence-corrected chi connectivity index (χ1v) is 5.35. The van der Waals surface area contributed by atoms with Gasteiger partial charge in [-0.2, -0.15) is 13.2 Å². The predicted molar refractivity (Wildman–Crippen MR) is 63.3 cm³/mol. The molecular weight excluding hydrogens is 241 g/mol. The molecule has 0 aliphatic carbocycles. The van der Waals surface area contributed by atoms with Gasteiger partial charge < -0.3 is 5.11 Å². The van der Waals surface area contributed by atoms with Gasteiger partial charge in [0.25, 0.3) is 0 Å². The fraction of sp³-hybridized carbons (Fsp3) is 0.143. The van der Waals surface area contributed by atoms with E-state index in [1.165, 1.54) is 18.2 Å². The van der Waals surface area contributed by atoms with Crippen molar-refractivity contribution in [1.82, 2.24) is 0 Å². The lowest BCUT2D eigenvalue weighted by Crippen LogP contribution is -2.04. The van der Waals surface area contributed by atoms with E-state index >= 15 is 0 Å². The van der Waals surface area contributed by atoms with Crippen LogP contribution in [0, 0.1) is 6.92 Å². The minimum Gasteiger partial charge on any atom is -0.508 e. The molecule has 0 fully saturated rings. The topological polar surface area (TPSA) is 20.2 Å². The van der Waals surface area contributed by atoms with E-state index in [0.29, 0.717) is 5.56 Å². The highest BCUT2D eigenvalue weighted by Gasteiger charge is 2.29. The zero-order valence-electron chi connectivity index (χ0n) is 9.62. The number of aromatic hydroxyl groups is 1. The van der Waals surface area contributed by atoms with E-state index in [9.17, 15) is 18.3 Å². The highest BCUT2D eigenvalue weighted by Crippen LogP contribution is 2.32. The molecular formula is C14H11F3O. The highest BCUT2D eigenvalue weighted by molar-refractivity contribution is 5.68. The summed E-state index contributed by atoms with van der Waals surface area (Å²) < 4.78 is 37.3. The number of alkyl halides is 3. The zero-order chi connectivity index (χ0) is 13.3. The van der Waals surface area contributed by atoms with Crippen LogP contribution in [0.5, 0.6) is 5.75 Å². The van der Waals surface area contributed by atoms with Gasteiger partial charge in [-0.05, 0) is 47.9 Å². The normalized spacial score (nSPS) is 11.6. The standard InChI is InChI=1S/C14H11F3O/c1-9-8-12(18)6-7-13(9)10-2-4-11(5-3-10)14(15,16)17/h2-8,18H,1H3. The van der Waals surface area contributed by atoms with E-state index in [2.05, 4.69) is 0 Å². The van der Waals surface area contributed by atoms with Gasteiger partial charge in [-0.1, -0.05) is 18.2 Å². The summed E-state index contributed by atoms with van der Waals surface area (Å²) in [5.41, 5.74) is 1.65. The molecule has 0 spiro atoms. The molecule has 2 aromatic carbocycles. The van der Waals surface area contributed by atoms with E-state index in [4.69, 9.17) is 0 Å². The van der Waals surface area contributed by atoms with Crippen LogP contribution in [-0.2, 0) is 6.18 Å². The van der Waals surface area contributed by atoms with Crippen LogP contribution >= 0.6 is 0 Å². The third-order valence-electron chi connectivity index (χ3n) is 2.73. The van der Waals surface area contributed by atoms with E-state index in [1.54, 1.807) is 19.1 Å². The SMILES string of the molecule is Cc1cc(O)ccc1-c1ccc(C(F)(F)F)cc1. The van der Waals surface area contributed by atoms with Gasteiger partial charge in [0.15, 0.2) is 0 Å². The van der Waals surface area contributed by atoms with Crippen LogP contribution in [-0.4, -0.2) is 5.11 Å². The fourth-order valence-corrected chi connectivity index (χ4v) is 1.81. The van der Waals surface area contributed by atoms with E-state index in [0.717, 1.165) is 23.3 Å². The molecule has 4 heteroatoms. The van der Waals surface area contributed by atoms with Gasteiger partial charge in [0.1, 0.15) is 5.75 Å². The van der Waals surface area contributed by atoms with Gasteiger partial charge in [0.05, 0.1) is 5.56 Å². The van der Waals surface area contributed by atoms with E-state index in [-0.39, 0.29) is 5.75 Å². The highest BCUT2D eigenvalue weighted by atomic mass is 19.4. The number of phenolic OH excluding ortho intramolecular Hbond substituents is 1. The molecule has 0 atom stereocenters. The average molecular weight is 252 g/mol. The van der Waals surface area contributed by atoms with Gasteiger partial charge >= 0.3 is 6.18 Å². The molecule has 2 rings (SSSR count). The molecule has 0 aliphatic rings. The van der Waals surface area contributed by atoms with Crippen molar-refractivity contribution in [2.45, 2.75) is 13.1 Å². The number of benzene rings is 2. The predicted octanol–water partition coefficient (Wildman–Crippen LogP) is 4.39. The van der Waals surface area contributed by atoms with E-state index in [1.807, 2.05) is 0 Å². The number of halogens is 3. The second-order valence-corrected chi connectivity index (χ2v) is 4.07. The molecule has 0 amide bonds. The van der Waals surface area contributed by atoms with Gasteiger partial charge in [-0.3, -0.25) is 0 Å². The summed E-state index contributed by atoms with van der Waals surface area (Å²) in [6.07, 6.45) is -4.32. The van der Waals surface area contributed by atoms with Crippen molar-refractivity contribution in [3.05, 3.63) is 53.6 Å². The zero-order valence-corrected chi connectivity index (χ0v) is 9.62. The summed E-state index contributed by atoms with van der Waals surface area (Å²) in [5, 5.41) is 9.29. The summed E-state index contributed by atoms with van der Waals surface area (Å²) >= 11 is 0. The quantitative estimate of drug-likeness (QED) is 0.798. The molecule has 2 aromatic rings. The van der Waals surface area contributed by atoms with Crippen LogP contribution in [0.25, 0.3) is 11.1 Å². The first kappa shape index (κ1) is 12.5. The summed E-state index contributed by atoms with van der Waals surface area (Å²) in [5.74, 6) is 0.142. The molecule has 0 radical (unpaired) electrons. The van der Waals surface area contributed by atoms with Crippen LogP contribution in [0.1, 0.15) is 11.1 Å². The average Bonchev–Trinajstić information content (AvgIpc) is 2.28. The van der Waals surface area contributed by atoms with Crippen LogP contribution < -0.4 is 0 Å². The monoisotopic (exact) mass is 252 g/mol. The lowest BCUT2D eigenvalue weighted by Gasteiger charge is -2.09. The Kier molecular flexibility index (Phi) is 3.03. The Morgan fingerprint density at radius 2 is 1.56 bits per heavy atom. The second-order valence-electron chi connectivity index (χ2n) is 4.07. The minimum absolute atomic E-state index is 0.142. The number of hydrogen-bond acceptors (Lipinski definition) is 1. The number of aryl methyl sites for hydroxylation is 1. The molecule has 94 valence electrons. The fourth-order valence-electron chi connectivity index (χ4n) is 1.81. The van der Waals surface area contributed by atoms with Crippen molar-refractivity contribution in [3.8, 4) is 16.9 Å². The van der Waals surface area contributed by atoms with Gasteiger partial charge in [-0.15, -0.1) is 0 Å². The molecule has 0 heterocycles. The second kappa shape index (κ2) is 4.37. The Morgan fingerprint density at radius 1 is 0.944 bits per heavy atom. The van der Waals surface area contributed by atoms with Crippen molar-refractivity contribution < 1.29 is 18.3 Å². The summed E-state index contributed by atoms with van der Waals surface area (Å²) in [6, 6.07) is 9.76. The van der Waals surface area contributed by atoms with E-state index < -0.39 is 11.7 Å². The molecule has 0 saturated heterocycles. The first-order chi connectivity index (χ1) is 8.38. The number of rotatable bonds is 1. The Bertz CT molecular complexity index is 556. The molecule has 0 bridgehead atoms.